The molecule has 0 aliphatic carbocycles. The van der Waals surface area contributed by atoms with Gasteiger partial charge in [0.05, 0.1) is 25.2 Å². The van der Waals surface area contributed by atoms with Gasteiger partial charge in [-0.2, -0.15) is 0 Å². The van der Waals surface area contributed by atoms with E-state index < -0.39 is 0 Å². The minimum absolute atomic E-state index is 0.0246. The van der Waals surface area contributed by atoms with Gasteiger partial charge in [0.25, 0.3) is 0 Å². The predicted molar refractivity (Wildman–Crippen MR) is 88.0 cm³/mol. The average Bonchev–Trinajstić information content (AvgIpc) is 3.31. The molecule has 7 heteroatoms. The van der Waals surface area contributed by atoms with Crippen LogP contribution in [0.3, 0.4) is 0 Å². The van der Waals surface area contributed by atoms with Gasteiger partial charge in [-0.1, -0.05) is 0 Å². The molecule has 0 radical (unpaired) electrons. The number of amides is 1. The standard InChI is InChI=1S/C17H24N4O3/c1-23-16-9-15(18-11-19-16)21-10-12(8-14-13(21)4-7-24-14)17(22)20-5-2-3-6-20/h9,11-14H,2-8,10H2,1H3/t12-,13-,14-/m1/s1. The summed E-state index contributed by atoms with van der Waals surface area (Å²) < 4.78 is 11.1. The number of ether oxygens (including phenoxy) is 2. The lowest BCUT2D eigenvalue weighted by molar-refractivity contribution is -0.136. The molecule has 0 bridgehead atoms. The number of carbonyl (C=O) groups excluding carboxylic acids is 1. The summed E-state index contributed by atoms with van der Waals surface area (Å²) in [6, 6.07) is 2.13. The molecule has 0 saturated carbocycles. The molecule has 3 aliphatic rings. The summed E-state index contributed by atoms with van der Waals surface area (Å²) in [7, 11) is 1.60. The number of likely N-dealkylation sites (tertiary alicyclic amines) is 1. The van der Waals surface area contributed by atoms with Crippen molar-refractivity contribution in [3.63, 3.8) is 0 Å². The minimum Gasteiger partial charge on any atom is -0.481 e. The van der Waals surface area contributed by atoms with Crippen molar-refractivity contribution in [1.29, 1.82) is 0 Å². The molecular weight excluding hydrogens is 308 g/mol. The first-order chi connectivity index (χ1) is 11.8. The van der Waals surface area contributed by atoms with E-state index >= 15 is 0 Å². The zero-order valence-corrected chi connectivity index (χ0v) is 14.1. The van der Waals surface area contributed by atoms with E-state index in [9.17, 15) is 4.79 Å². The van der Waals surface area contributed by atoms with Gasteiger partial charge in [-0.3, -0.25) is 4.79 Å². The zero-order valence-electron chi connectivity index (χ0n) is 14.1. The van der Waals surface area contributed by atoms with E-state index in [1.807, 2.05) is 11.0 Å². The Kier molecular flexibility index (Phi) is 4.26. The molecule has 1 amide bonds. The fourth-order valence-electron chi connectivity index (χ4n) is 4.18. The van der Waals surface area contributed by atoms with Gasteiger partial charge in [-0.25, -0.2) is 9.97 Å². The third-order valence-electron chi connectivity index (χ3n) is 5.41. The first-order valence-electron chi connectivity index (χ1n) is 8.79. The molecule has 1 aromatic heterocycles. The summed E-state index contributed by atoms with van der Waals surface area (Å²) >= 11 is 0. The molecule has 0 N–H and O–H groups in total. The fourth-order valence-corrected chi connectivity index (χ4v) is 4.18. The molecule has 0 unspecified atom stereocenters. The lowest BCUT2D eigenvalue weighted by atomic mass is 9.89. The highest BCUT2D eigenvalue weighted by molar-refractivity contribution is 5.80. The Morgan fingerprint density at radius 2 is 2.17 bits per heavy atom. The zero-order chi connectivity index (χ0) is 16.5. The van der Waals surface area contributed by atoms with Crippen molar-refractivity contribution in [3.8, 4) is 5.88 Å². The van der Waals surface area contributed by atoms with Crippen molar-refractivity contribution in [1.82, 2.24) is 14.9 Å². The maximum absolute atomic E-state index is 12.9. The molecule has 4 rings (SSSR count). The Morgan fingerprint density at radius 3 is 2.96 bits per heavy atom. The van der Waals surface area contributed by atoms with Crippen LogP contribution < -0.4 is 9.64 Å². The maximum Gasteiger partial charge on any atom is 0.227 e. The summed E-state index contributed by atoms with van der Waals surface area (Å²) in [5.41, 5.74) is 0. The van der Waals surface area contributed by atoms with Crippen LogP contribution in [0.25, 0.3) is 0 Å². The maximum atomic E-state index is 12.9. The van der Waals surface area contributed by atoms with Gasteiger partial charge in [0.1, 0.15) is 12.1 Å². The number of rotatable bonds is 3. The third-order valence-corrected chi connectivity index (χ3v) is 5.41. The normalized spacial score (nSPS) is 29.6. The highest BCUT2D eigenvalue weighted by atomic mass is 16.5. The first kappa shape index (κ1) is 15.6. The van der Waals surface area contributed by atoms with Gasteiger partial charge in [0, 0.05) is 32.3 Å². The quantitative estimate of drug-likeness (QED) is 0.825. The van der Waals surface area contributed by atoms with E-state index in [2.05, 4.69) is 14.9 Å². The third kappa shape index (κ3) is 2.81. The summed E-state index contributed by atoms with van der Waals surface area (Å²) in [6.45, 7) is 3.23. The van der Waals surface area contributed by atoms with Crippen molar-refractivity contribution in [3.05, 3.63) is 12.4 Å². The Morgan fingerprint density at radius 1 is 1.33 bits per heavy atom. The number of hydrogen-bond donors (Lipinski definition) is 0. The van der Waals surface area contributed by atoms with Crippen LogP contribution in [0.15, 0.2) is 12.4 Å². The van der Waals surface area contributed by atoms with E-state index in [0.29, 0.717) is 12.4 Å². The monoisotopic (exact) mass is 332 g/mol. The van der Waals surface area contributed by atoms with Crippen LogP contribution in [0.1, 0.15) is 25.7 Å². The lowest BCUT2D eigenvalue weighted by Crippen LogP contribution is -2.53. The highest BCUT2D eigenvalue weighted by Crippen LogP contribution is 2.35. The van der Waals surface area contributed by atoms with Crippen LogP contribution in [0.4, 0.5) is 5.82 Å². The summed E-state index contributed by atoms with van der Waals surface area (Å²) in [4.78, 5) is 25.6. The predicted octanol–water partition coefficient (Wildman–Crippen LogP) is 1.09. The van der Waals surface area contributed by atoms with E-state index in [4.69, 9.17) is 9.47 Å². The van der Waals surface area contributed by atoms with Gasteiger partial charge in [-0.15, -0.1) is 0 Å². The second-order valence-electron chi connectivity index (χ2n) is 6.80. The van der Waals surface area contributed by atoms with E-state index in [1.165, 1.54) is 6.33 Å². The molecule has 0 aromatic carbocycles. The van der Waals surface area contributed by atoms with Crippen molar-refractivity contribution in [2.45, 2.75) is 37.8 Å². The van der Waals surface area contributed by atoms with Gasteiger partial charge in [0.15, 0.2) is 0 Å². The van der Waals surface area contributed by atoms with E-state index in [1.54, 1.807) is 7.11 Å². The van der Waals surface area contributed by atoms with Crippen LogP contribution in [0, 0.1) is 5.92 Å². The topological polar surface area (TPSA) is 67.8 Å². The number of carbonyl (C=O) groups is 1. The van der Waals surface area contributed by atoms with Crippen LogP contribution >= 0.6 is 0 Å². The smallest absolute Gasteiger partial charge is 0.227 e. The second-order valence-corrected chi connectivity index (χ2v) is 6.80. The van der Waals surface area contributed by atoms with Crippen LogP contribution in [0.2, 0.25) is 0 Å². The molecule has 130 valence electrons. The second kappa shape index (κ2) is 6.55. The molecule has 1 aromatic rings. The number of fused-ring (bicyclic) bond motifs is 1. The Bertz CT molecular complexity index is 605. The average molecular weight is 332 g/mol. The fraction of sp³-hybridized carbons (Fsp3) is 0.706. The van der Waals surface area contributed by atoms with E-state index in [0.717, 1.165) is 51.2 Å². The van der Waals surface area contributed by atoms with Gasteiger partial charge in [0.2, 0.25) is 11.8 Å². The number of piperidine rings is 1. The Balaban J connectivity index is 1.58. The number of methoxy groups -OCH3 is 1. The Hall–Kier alpha value is -1.89. The van der Waals surface area contributed by atoms with Crippen LogP contribution in [-0.2, 0) is 9.53 Å². The minimum atomic E-state index is -0.0246. The van der Waals surface area contributed by atoms with Crippen LogP contribution in [0.5, 0.6) is 5.88 Å². The van der Waals surface area contributed by atoms with Crippen molar-refractivity contribution >= 4 is 11.7 Å². The van der Waals surface area contributed by atoms with Gasteiger partial charge >= 0.3 is 0 Å². The number of aromatic nitrogens is 2. The Labute approximate surface area is 142 Å². The van der Waals surface area contributed by atoms with E-state index in [-0.39, 0.29) is 24.0 Å². The largest absolute Gasteiger partial charge is 0.481 e. The molecule has 3 saturated heterocycles. The molecular formula is C17H24N4O3. The summed E-state index contributed by atoms with van der Waals surface area (Å²) in [5.74, 6) is 1.61. The highest BCUT2D eigenvalue weighted by Gasteiger charge is 2.44. The molecule has 3 atom stereocenters. The summed E-state index contributed by atoms with van der Waals surface area (Å²) in [5, 5.41) is 0. The first-order valence-corrected chi connectivity index (χ1v) is 8.79. The van der Waals surface area contributed by atoms with Crippen molar-refractivity contribution in [2.75, 3.05) is 38.3 Å². The number of hydrogen-bond acceptors (Lipinski definition) is 6. The number of nitrogens with zero attached hydrogens (tertiary/aromatic N) is 4. The summed E-state index contributed by atoms with van der Waals surface area (Å²) in [6.07, 6.45) is 5.66. The molecule has 24 heavy (non-hydrogen) atoms. The molecule has 7 nitrogen and oxygen atoms in total. The van der Waals surface area contributed by atoms with Crippen molar-refractivity contribution < 1.29 is 14.3 Å². The number of anilines is 1. The van der Waals surface area contributed by atoms with Gasteiger partial charge < -0.3 is 19.3 Å². The van der Waals surface area contributed by atoms with Crippen molar-refractivity contribution in [2.24, 2.45) is 5.92 Å². The molecule has 3 fully saturated rings. The van der Waals surface area contributed by atoms with Crippen LogP contribution in [-0.4, -0.2) is 66.3 Å². The SMILES string of the molecule is COc1cc(N2C[C@H](C(=O)N3CCCC3)C[C@H]3OCC[C@H]32)ncn1. The molecule has 4 heterocycles. The van der Waals surface area contributed by atoms with Gasteiger partial charge in [-0.05, 0) is 25.7 Å². The lowest BCUT2D eigenvalue weighted by Gasteiger charge is -2.41. The molecule has 3 aliphatic heterocycles. The molecule has 0 spiro atoms.